The standard InChI is InChI=1S/C18H26N4O5/c1-10(19)15(23)20-11(2)16(24)22-14(9-13-7-5-4-6-8-13)17(25)21-12(3)18(26)27/h4-8,10-12,14H,9,19H2,1-3H3,(H,20,23)(H,21,25)(H,22,24)(H,26,27)/t10-,11-,12-,14-/m0/s1. The first-order valence-electron chi connectivity index (χ1n) is 8.55. The Morgan fingerprint density at radius 2 is 1.44 bits per heavy atom. The van der Waals surface area contributed by atoms with Crippen LogP contribution in [-0.2, 0) is 25.6 Å². The fraction of sp³-hybridized carbons (Fsp3) is 0.444. The number of rotatable bonds is 9. The van der Waals surface area contributed by atoms with E-state index in [1.807, 2.05) is 6.07 Å². The van der Waals surface area contributed by atoms with Crippen LogP contribution in [0, 0.1) is 0 Å². The van der Waals surface area contributed by atoms with Crippen LogP contribution in [-0.4, -0.2) is 53.0 Å². The number of hydrogen-bond acceptors (Lipinski definition) is 5. The molecule has 1 rings (SSSR count). The zero-order valence-corrected chi connectivity index (χ0v) is 15.6. The van der Waals surface area contributed by atoms with Gasteiger partial charge in [-0.25, -0.2) is 0 Å². The van der Waals surface area contributed by atoms with E-state index in [1.165, 1.54) is 20.8 Å². The Kier molecular flexibility index (Phi) is 8.40. The maximum Gasteiger partial charge on any atom is 0.325 e. The molecule has 0 radical (unpaired) electrons. The summed E-state index contributed by atoms with van der Waals surface area (Å²) in [5.41, 5.74) is 6.24. The molecule has 148 valence electrons. The third-order valence-electron chi connectivity index (χ3n) is 3.81. The molecule has 9 nitrogen and oxygen atoms in total. The number of carbonyl (C=O) groups is 4. The maximum atomic E-state index is 12.5. The van der Waals surface area contributed by atoms with Gasteiger partial charge in [-0.1, -0.05) is 30.3 Å². The molecule has 0 unspecified atom stereocenters. The van der Waals surface area contributed by atoms with Gasteiger partial charge < -0.3 is 26.8 Å². The largest absolute Gasteiger partial charge is 0.480 e. The van der Waals surface area contributed by atoms with Crippen molar-refractivity contribution in [2.24, 2.45) is 5.73 Å². The van der Waals surface area contributed by atoms with Gasteiger partial charge in [0.1, 0.15) is 18.1 Å². The molecular weight excluding hydrogens is 352 g/mol. The summed E-state index contributed by atoms with van der Waals surface area (Å²) in [6, 6.07) is 5.17. The summed E-state index contributed by atoms with van der Waals surface area (Å²) in [7, 11) is 0. The number of aliphatic carboxylic acids is 1. The number of carboxylic acid groups (broad SMARTS) is 1. The number of benzene rings is 1. The van der Waals surface area contributed by atoms with Crippen LogP contribution in [0.1, 0.15) is 26.3 Å². The zero-order chi connectivity index (χ0) is 20.6. The van der Waals surface area contributed by atoms with Gasteiger partial charge in [0.05, 0.1) is 6.04 Å². The topological polar surface area (TPSA) is 151 Å². The molecule has 0 bridgehead atoms. The number of carboxylic acids is 1. The van der Waals surface area contributed by atoms with E-state index in [2.05, 4.69) is 16.0 Å². The molecule has 1 aromatic rings. The Morgan fingerprint density at radius 3 is 1.96 bits per heavy atom. The van der Waals surface area contributed by atoms with Crippen molar-refractivity contribution in [2.45, 2.75) is 51.4 Å². The van der Waals surface area contributed by atoms with E-state index in [-0.39, 0.29) is 6.42 Å². The third kappa shape index (κ3) is 7.45. The normalized spacial score (nSPS) is 15.0. The Hall–Kier alpha value is -2.94. The fourth-order valence-electron chi connectivity index (χ4n) is 2.14. The number of nitrogens with one attached hydrogen (secondary N) is 3. The molecule has 9 heteroatoms. The highest BCUT2D eigenvalue weighted by atomic mass is 16.4. The molecule has 0 heterocycles. The van der Waals surface area contributed by atoms with Crippen LogP contribution in [0.4, 0.5) is 0 Å². The predicted octanol–water partition coefficient (Wildman–Crippen LogP) is -0.845. The van der Waals surface area contributed by atoms with E-state index in [9.17, 15) is 19.2 Å². The first kappa shape index (κ1) is 22.1. The van der Waals surface area contributed by atoms with Crippen LogP contribution >= 0.6 is 0 Å². The van der Waals surface area contributed by atoms with Gasteiger partial charge in [0, 0.05) is 6.42 Å². The number of nitrogens with two attached hydrogens (primary N) is 1. The summed E-state index contributed by atoms with van der Waals surface area (Å²) < 4.78 is 0. The van der Waals surface area contributed by atoms with Crippen LogP contribution < -0.4 is 21.7 Å². The lowest BCUT2D eigenvalue weighted by atomic mass is 10.0. The summed E-state index contributed by atoms with van der Waals surface area (Å²) in [4.78, 5) is 47.4. The van der Waals surface area contributed by atoms with Gasteiger partial charge in [0.15, 0.2) is 0 Å². The number of amides is 3. The molecule has 0 saturated heterocycles. The van der Waals surface area contributed by atoms with E-state index >= 15 is 0 Å². The summed E-state index contributed by atoms with van der Waals surface area (Å²) in [5.74, 6) is -2.90. The minimum Gasteiger partial charge on any atom is -0.480 e. The molecule has 0 fully saturated rings. The van der Waals surface area contributed by atoms with Gasteiger partial charge >= 0.3 is 5.97 Å². The second kappa shape index (κ2) is 10.3. The van der Waals surface area contributed by atoms with E-state index in [1.54, 1.807) is 24.3 Å². The van der Waals surface area contributed by atoms with Gasteiger partial charge in [-0.2, -0.15) is 0 Å². The lowest BCUT2D eigenvalue weighted by Gasteiger charge is -2.22. The Morgan fingerprint density at radius 1 is 0.889 bits per heavy atom. The van der Waals surface area contributed by atoms with E-state index in [0.29, 0.717) is 0 Å². The Labute approximate surface area is 157 Å². The molecule has 0 saturated carbocycles. The van der Waals surface area contributed by atoms with E-state index in [0.717, 1.165) is 5.56 Å². The summed E-state index contributed by atoms with van der Waals surface area (Å²) in [6.45, 7) is 4.28. The maximum absolute atomic E-state index is 12.5. The molecule has 0 aromatic heterocycles. The minimum atomic E-state index is -1.19. The Balaban J connectivity index is 2.86. The van der Waals surface area contributed by atoms with Crippen molar-refractivity contribution in [3.8, 4) is 0 Å². The predicted molar refractivity (Wildman–Crippen MR) is 98.6 cm³/mol. The summed E-state index contributed by atoms with van der Waals surface area (Å²) >= 11 is 0. The van der Waals surface area contributed by atoms with Crippen LogP contribution in [0.5, 0.6) is 0 Å². The van der Waals surface area contributed by atoms with Gasteiger partial charge in [0.2, 0.25) is 17.7 Å². The zero-order valence-electron chi connectivity index (χ0n) is 15.6. The van der Waals surface area contributed by atoms with Crippen molar-refractivity contribution in [3.63, 3.8) is 0 Å². The first-order valence-corrected chi connectivity index (χ1v) is 8.55. The van der Waals surface area contributed by atoms with Crippen LogP contribution in [0.2, 0.25) is 0 Å². The summed E-state index contributed by atoms with van der Waals surface area (Å²) in [6.07, 6.45) is 0.165. The highest BCUT2D eigenvalue weighted by Crippen LogP contribution is 2.04. The van der Waals surface area contributed by atoms with Crippen molar-refractivity contribution in [2.75, 3.05) is 0 Å². The number of hydrogen-bond donors (Lipinski definition) is 5. The van der Waals surface area contributed by atoms with E-state index in [4.69, 9.17) is 10.8 Å². The molecule has 3 amide bonds. The fourth-order valence-corrected chi connectivity index (χ4v) is 2.14. The molecule has 1 aromatic carbocycles. The molecular formula is C18H26N4O5. The van der Waals surface area contributed by atoms with Crippen molar-refractivity contribution < 1.29 is 24.3 Å². The average Bonchev–Trinajstić information content (AvgIpc) is 2.61. The quantitative estimate of drug-likeness (QED) is 0.378. The molecule has 6 N–H and O–H groups in total. The lowest BCUT2D eigenvalue weighted by Crippen LogP contribution is -2.56. The van der Waals surface area contributed by atoms with Gasteiger partial charge in [-0.3, -0.25) is 19.2 Å². The van der Waals surface area contributed by atoms with Gasteiger partial charge in [-0.05, 0) is 26.3 Å². The lowest BCUT2D eigenvalue weighted by molar-refractivity contribution is -0.141. The molecule has 0 spiro atoms. The smallest absolute Gasteiger partial charge is 0.325 e. The number of carbonyl (C=O) groups excluding carboxylic acids is 3. The highest BCUT2D eigenvalue weighted by Gasteiger charge is 2.27. The SMILES string of the molecule is C[C@H](N)C(=O)N[C@@H](C)C(=O)N[C@@H](Cc1ccccc1)C(=O)N[C@@H](C)C(=O)O. The van der Waals surface area contributed by atoms with Crippen molar-refractivity contribution >= 4 is 23.7 Å². The van der Waals surface area contributed by atoms with E-state index < -0.39 is 47.9 Å². The first-order chi connectivity index (χ1) is 12.6. The summed E-state index contributed by atoms with van der Waals surface area (Å²) in [5, 5.41) is 16.3. The third-order valence-corrected chi connectivity index (χ3v) is 3.81. The molecule has 27 heavy (non-hydrogen) atoms. The molecule has 4 atom stereocenters. The van der Waals surface area contributed by atoms with Crippen molar-refractivity contribution in [3.05, 3.63) is 35.9 Å². The second-order valence-corrected chi connectivity index (χ2v) is 6.34. The monoisotopic (exact) mass is 378 g/mol. The highest BCUT2D eigenvalue weighted by molar-refractivity contribution is 5.93. The molecule has 0 aliphatic heterocycles. The van der Waals surface area contributed by atoms with Crippen molar-refractivity contribution in [1.29, 1.82) is 0 Å². The van der Waals surface area contributed by atoms with Crippen LogP contribution in [0.15, 0.2) is 30.3 Å². The second-order valence-electron chi connectivity index (χ2n) is 6.34. The van der Waals surface area contributed by atoms with Crippen molar-refractivity contribution in [1.82, 2.24) is 16.0 Å². The Bertz CT molecular complexity index is 678. The minimum absolute atomic E-state index is 0.165. The van der Waals surface area contributed by atoms with Crippen LogP contribution in [0.25, 0.3) is 0 Å². The average molecular weight is 378 g/mol. The molecule has 0 aliphatic carbocycles. The molecule has 0 aliphatic rings. The van der Waals surface area contributed by atoms with Gasteiger partial charge in [-0.15, -0.1) is 0 Å². The van der Waals surface area contributed by atoms with Crippen LogP contribution in [0.3, 0.4) is 0 Å². The van der Waals surface area contributed by atoms with Gasteiger partial charge in [0.25, 0.3) is 0 Å².